The molecule has 3 rings (SSSR count). The molecule has 2 N–H and O–H groups in total. The molecule has 1 aliphatic carbocycles. The summed E-state index contributed by atoms with van der Waals surface area (Å²) >= 11 is 0. The normalized spacial score (nSPS) is 23.1. The molecule has 2 amide bonds. The largest absolute Gasteiger partial charge is 0.482 e. The number of nitrogens with zero attached hydrogens (tertiary/aromatic N) is 1. The molecule has 0 spiro atoms. The van der Waals surface area contributed by atoms with Crippen molar-refractivity contribution in [2.24, 2.45) is 11.8 Å². The number of ether oxygens (including phenoxy) is 1. The van der Waals surface area contributed by atoms with Crippen LogP contribution in [0, 0.1) is 11.8 Å². The van der Waals surface area contributed by atoms with Crippen molar-refractivity contribution in [1.29, 1.82) is 0 Å². The Morgan fingerprint density at radius 2 is 2.14 bits per heavy atom. The summed E-state index contributed by atoms with van der Waals surface area (Å²) in [4.78, 5) is 35.7. The summed E-state index contributed by atoms with van der Waals surface area (Å²) in [5.41, 5.74) is 1.09. The van der Waals surface area contributed by atoms with Gasteiger partial charge in [0.1, 0.15) is 5.75 Å². The smallest absolute Gasteiger partial charge is 0.307 e. The summed E-state index contributed by atoms with van der Waals surface area (Å²) in [6, 6.07) is 4.98. The lowest BCUT2D eigenvalue weighted by atomic mass is 10.2. The molecule has 7 nitrogen and oxygen atoms in total. The van der Waals surface area contributed by atoms with E-state index in [1.54, 1.807) is 25.2 Å². The number of anilines is 2. The molecule has 2 atom stereocenters. The third-order valence-electron chi connectivity index (χ3n) is 3.76. The molecule has 7 heteroatoms. The second-order valence-electron chi connectivity index (χ2n) is 5.20. The van der Waals surface area contributed by atoms with Gasteiger partial charge in [0.15, 0.2) is 6.61 Å². The van der Waals surface area contributed by atoms with Crippen molar-refractivity contribution in [3.05, 3.63) is 18.2 Å². The van der Waals surface area contributed by atoms with E-state index < -0.39 is 17.8 Å². The Morgan fingerprint density at radius 1 is 1.38 bits per heavy atom. The van der Waals surface area contributed by atoms with Gasteiger partial charge in [-0.2, -0.15) is 0 Å². The lowest BCUT2D eigenvalue weighted by Crippen LogP contribution is -2.35. The fourth-order valence-corrected chi connectivity index (χ4v) is 2.34. The summed E-state index contributed by atoms with van der Waals surface area (Å²) in [5.74, 6) is -1.92. The van der Waals surface area contributed by atoms with Crippen molar-refractivity contribution in [1.82, 2.24) is 0 Å². The van der Waals surface area contributed by atoms with E-state index in [0.29, 0.717) is 23.5 Å². The molecule has 0 radical (unpaired) electrons. The van der Waals surface area contributed by atoms with Gasteiger partial charge in [0.25, 0.3) is 5.91 Å². The number of hydrogen-bond acceptors (Lipinski definition) is 4. The van der Waals surface area contributed by atoms with E-state index in [-0.39, 0.29) is 18.4 Å². The average molecular weight is 290 g/mol. The van der Waals surface area contributed by atoms with Crippen LogP contribution in [0.3, 0.4) is 0 Å². The minimum atomic E-state index is -0.945. The van der Waals surface area contributed by atoms with Crippen LogP contribution < -0.4 is 15.0 Å². The van der Waals surface area contributed by atoms with Gasteiger partial charge in [-0.15, -0.1) is 0 Å². The standard InChI is InChI=1S/C14H14N2O5/c1-16-10-4-7(2-3-11(10)21-6-12(16)17)15-13(18)8-5-9(8)14(19)20/h2-4,8-9H,5-6H2,1H3,(H,15,18)(H,19,20). The lowest BCUT2D eigenvalue weighted by Gasteiger charge is -2.26. The first kappa shape index (κ1) is 13.4. The quantitative estimate of drug-likeness (QED) is 0.854. The number of likely N-dealkylation sites (N-methyl/N-ethyl adjacent to an activating group) is 1. The summed E-state index contributed by atoms with van der Waals surface area (Å²) < 4.78 is 5.29. The third-order valence-corrected chi connectivity index (χ3v) is 3.76. The highest BCUT2D eigenvalue weighted by molar-refractivity contribution is 6.01. The monoisotopic (exact) mass is 290 g/mol. The Morgan fingerprint density at radius 3 is 2.81 bits per heavy atom. The fraction of sp³-hybridized carbons (Fsp3) is 0.357. The number of carboxylic acids is 1. The van der Waals surface area contributed by atoms with Gasteiger partial charge in [0, 0.05) is 12.7 Å². The van der Waals surface area contributed by atoms with Crippen LogP contribution in [0.1, 0.15) is 6.42 Å². The summed E-state index contributed by atoms with van der Waals surface area (Å²) in [6.07, 6.45) is 0.369. The number of nitrogens with one attached hydrogen (secondary N) is 1. The number of aliphatic carboxylic acids is 1. The predicted molar refractivity (Wildman–Crippen MR) is 73.2 cm³/mol. The summed E-state index contributed by atoms with van der Waals surface area (Å²) in [7, 11) is 1.64. The van der Waals surface area contributed by atoms with Crippen molar-refractivity contribution in [2.75, 3.05) is 23.9 Å². The van der Waals surface area contributed by atoms with Crippen LogP contribution in [0.25, 0.3) is 0 Å². The van der Waals surface area contributed by atoms with Crippen molar-refractivity contribution >= 4 is 29.2 Å². The molecule has 0 bridgehead atoms. The SMILES string of the molecule is CN1C(=O)COc2ccc(NC(=O)C3CC3C(=O)O)cc21. The maximum absolute atomic E-state index is 11.9. The Bertz CT molecular complexity index is 642. The first-order valence-corrected chi connectivity index (χ1v) is 6.54. The Hall–Kier alpha value is -2.57. The summed E-state index contributed by atoms with van der Waals surface area (Å²) in [6.45, 7) is -0.00241. The zero-order valence-electron chi connectivity index (χ0n) is 11.3. The average Bonchev–Trinajstić information content (AvgIpc) is 3.24. The molecule has 2 unspecified atom stereocenters. The highest BCUT2D eigenvalue weighted by Crippen LogP contribution is 2.40. The Labute approximate surface area is 120 Å². The van der Waals surface area contributed by atoms with Crippen molar-refractivity contribution in [2.45, 2.75) is 6.42 Å². The van der Waals surface area contributed by atoms with Crippen LogP contribution in [0.15, 0.2) is 18.2 Å². The maximum atomic E-state index is 11.9. The van der Waals surface area contributed by atoms with E-state index in [2.05, 4.69) is 5.32 Å². The molecular weight excluding hydrogens is 276 g/mol. The minimum Gasteiger partial charge on any atom is -0.482 e. The number of benzene rings is 1. The highest BCUT2D eigenvalue weighted by atomic mass is 16.5. The zero-order valence-corrected chi connectivity index (χ0v) is 11.3. The van der Waals surface area contributed by atoms with Gasteiger partial charge in [-0.1, -0.05) is 0 Å². The first-order chi connectivity index (χ1) is 9.97. The molecule has 1 fully saturated rings. The number of hydrogen-bond donors (Lipinski definition) is 2. The van der Waals surface area contributed by atoms with Crippen LogP contribution in [-0.2, 0) is 14.4 Å². The number of carbonyl (C=O) groups is 3. The Kier molecular flexibility index (Phi) is 3.04. The molecule has 1 aliphatic heterocycles. The molecular formula is C14H14N2O5. The second-order valence-corrected chi connectivity index (χ2v) is 5.20. The fourth-order valence-electron chi connectivity index (χ4n) is 2.34. The molecule has 1 saturated carbocycles. The highest BCUT2D eigenvalue weighted by Gasteiger charge is 2.48. The van der Waals surface area contributed by atoms with E-state index in [1.165, 1.54) is 4.90 Å². The zero-order chi connectivity index (χ0) is 15.1. The number of fused-ring (bicyclic) bond motifs is 1. The molecule has 21 heavy (non-hydrogen) atoms. The topological polar surface area (TPSA) is 95.9 Å². The van der Waals surface area contributed by atoms with Gasteiger partial charge in [0.2, 0.25) is 5.91 Å². The van der Waals surface area contributed by atoms with Gasteiger partial charge in [0.05, 0.1) is 17.5 Å². The van der Waals surface area contributed by atoms with Crippen LogP contribution in [0.5, 0.6) is 5.75 Å². The minimum absolute atomic E-state index is 0.00241. The number of carboxylic acid groups (broad SMARTS) is 1. The van der Waals surface area contributed by atoms with Gasteiger partial charge < -0.3 is 20.1 Å². The lowest BCUT2D eigenvalue weighted by molar-refractivity contribution is -0.139. The number of amides is 2. The van der Waals surface area contributed by atoms with E-state index >= 15 is 0 Å². The molecule has 110 valence electrons. The summed E-state index contributed by atoms with van der Waals surface area (Å²) in [5, 5.41) is 11.5. The maximum Gasteiger partial charge on any atom is 0.307 e. The van der Waals surface area contributed by atoms with Crippen LogP contribution in [0.4, 0.5) is 11.4 Å². The first-order valence-electron chi connectivity index (χ1n) is 6.54. The van der Waals surface area contributed by atoms with E-state index in [0.717, 1.165) is 0 Å². The molecule has 1 heterocycles. The Balaban J connectivity index is 1.74. The van der Waals surface area contributed by atoms with E-state index in [9.17, 15) is 14.4 Å². The second kappa shape index (κ2) is 4.76. The van der Waals surface area contributed by atoms with Gasteiger partial charge >= 0.3 is 5.97 Å². The molecule has 1 aromatic rings. The molecule has 0 aromatic heterocycles. The van der Waals surface area contributed by atoms with Crippen LogP contribution in [-0.4, -0.2) is 36.5 Å². The van der Waals surface area contributed by atoms with Crippen LogP contribution >= 0.6 is 0 Å². The van der Waals surface area contributed by atoms with Gasteiger partial charge in [-0.25, -0.2) is 0 Å². The molecule has 1 aromatic carbocycles. The molecule has 2 aliphatic rings. The van der Waals surface area contributed by atoms with Crippen molar-refractivity contribution in [3.63, 3.8) is 0 Å². The van der Waals surface area contributed by atoms with E-state index in [4.69, 9.17) is 9.84 Å². The van der Waals surface area contributed by atoms with E-state index in [1.807, 2.05) is 0 Å². The molecule has 0 saturated heterocycles. The number of rotatable bonds is 3. The predicted octanol–water partition coefficient (Wildman–Crippen LogP) is 0.701. The van der Waals surface area contributed by atoms with Gasteiger partial charge in [-0.05, 0) is 24.6 Å². The van der Waals surface area contributed by atoms with Crippen molar-refractivity contribution in [3.8, 4) is 5.75 Å². The third kappa shape index (κ3) is 2.42. The van der Waals surface area contributed by atoms with Crippen LogP contribution in [0.2, 0.25) is 0 Å². The van der Waals surface area contributed by atoms with Gasteiger partial charge in [-0.3, -0.25) is 14.4 Å². The number of carbonyl (C=O) groups excluding carboxylic acids is 2. The van der Waals surface area contributed by atoms with Crippen molar-refractivity contribution < 1.29 is 24.2 Å².